The van der Waals surface area contributed by atoms with Crippen LogP contribution < -0.4 is 4.74 Å². The van der Waals surface area contributed by atoms with Crippen LogP contribution >= 0.6 is 11.3 Å². The third-order valence-corrected chi connectivity index (χ3v) is 3.08. The Labute approximate surface area is 117 Å². The second kappa shape index (κ2) is 6.11. The van der Waals surface area contributed by atoms with Gasteiger partial charge >= 0.3 is 6.16 Å². The summed E-state index contributed by atoms with van der Waals surface area (Å²) in [5, 5.41) is 13.1. The van der Waals surface area contributed by atoms with Crippen LogP contribution in [0, 0.1) is 17.0 Å². The molecule has 20 heavy (non-hydrogen) atoms. The highest BCUT2D eigenvalue weighted by Gasteiger charge is 2.10. The van der Waals surface area contributed by atoms with E-state index >= 15 is 0 Å². The number of thiazole rings is 1. The molecule has 1 heterocycles. The van der Waals surface area contributed by atoms with Gasteiger partial charge in [0.05, 0.1) is 15.6 Å². The molecule has 0 N–H and O–H groups in total. The van der Waals surface area contributed by atoms with Crippen LogP contribution in [0.5, 0.6) is 5.75 Å². The van der Waals surface area contributed by atoms with Crippen molar-refractivity contribution in [1.82, 2.24) is 4.98 Å². The Morgan fingerprint density at radius 3 is 2.65 bits per heavy atom. The molecule has 0 aliphatic rings. The molecule has 8 heteroatoms. The summed E-state index contributed by atoms with van der Waals surface area (Å²) < 4.78 is 9.74. The Morgan fingerprint density at radius 2 is 2.10 bits per heavy atom. The van der Waals surface area contributed by atoms with E-state index in [1.54, 1.807) is 5.38 Å². The average molecular weight is 294 g/mol. The van der Waals surface area contributed by atoms with Crippen LogP contribution in [-0.4, -0.2) is 16.1 Å². The van der Waals surface area contributed by atoms with E-state index in [0.717, 1.165) is 5.01 Å². The van der Waals surface area contributed by atoms with E-state index in [4.69, 9.17) is 9.47 Å². The summed E-state index contributed by atoms with van der Waals surface area (Å²) in [5.41, 5.74) is 0.566. The van der Waals surface area contributed by atoms with Gasteiger partial charge in [-0.15, -0.1) is 11.3 Å². The number of hydrogen-bond acceptors (Lipinski definition) is 7. The van der Waals surface area contributed by atoms with Gasteiger partial charge in [0, 0.05) is 17.5 Å². The van der Waals surface area contributed by atoms with Crippen LogP contribution in [-0.2, 0) is 11.3 Å². The fourth-order valence-electron chi connectivity index (χ4n) is 1.37. The minimum absolute atomic E-state index is 0.0240. The number of non-ortho nitro benzene ring substituents is 1. The molecule has 2 rings (SSSR count). The van der Waals surface area contributed by atoms with Crippen LogP contribution in [0.3, 0.4) is 0 Å². The van der Waals surface area contributed by atoms with Crippen molar-refractivity contribution in [2.75, 3.05) is 0 Å². The highest BCUT2D eigenvalue weighted by molar-refractivity contribution is 7.09. The number of nitro benzene ring substituents is 1. The molecule has 0 fully saturated rings. The van der Waals surface area contributed by atoms with Crippen molar-refractivity contribution in [1.29, 1.82) is 0 Å². The molecule has 0 unspecified atom stereocenters. The van der Waals surface area contributed by atoms with E-state index in [0.29, 0.717) is 5.69 Å². The van der Waals surface area contributed by atoms with Gasteiger partial charge in [0.15, 0.2) is 0 Å². The van der Waals surface area contributed by atoms with Crippen molar-refractivity contribution in [3.8, 4) is 5.75 Å². The second-order valence-electron chi connectivity index (χ2n) is 3.75. The van der Waals surface area contributed by atoms with E-state index < -0.39 is 11.1 Å². The second-order valence-corrected chi connectivity index (χ2v) is 4.81. The van der Waals surface area contributed by atoms with E-state index in [1.807, 2.05) is 6.92 Å². The van der Waals surface area contributed by atoms with E-state index in [9.17, 15) is 14.9 Å². The van der Waals surface area contributed by atoms with Gasteiger partial charge in [-0.3, -0.25) is 10.1 Å². The number of aromatic nitrogens is 1. The largest absolute Gasteiger partial charge is 0.514 e. The normalized spacial score (nSPS) is 10.1. The van der Waals surface area contributed by atoms with Gasteiger partial charge < -0.3 is 9.47 Å². The summed E-state index contributed by atoms with van der Waals surface area (Å²) >= 11 is 1.46. The van der Waals surface area contributed by atoms with Crippen LogP contribution in [0.25, 0.3) is 0 Å². The fraction of sp³-hybridized carbons (Fsp3) is 0.167. The van der Waals surface area contributed by atoms with Gasteiger partial charge in [0.2, 0.25) is 0 Å². The zero-order chi connectivity index (χ0) is 14.5. The van der Waals surface area contributed by atoms with Crippen molar-refractivity contribution in [2.24, 2.45) is 0 Å². The summed E-state index contributed by atoms with van der Waals surface area (Å²) in [6, 6.07) is 5.14. The molecule has 1 aromatic heterocycles. The minimum atomic E-state index is -0.885. The highest BCUT2D eigenvalue weighted by Crippen LogP contribution is 2.18. The lowest BCUT2D eigenvalue weighted by molar-refractivity contribution is -0.384. The number of rotatable bonds is 4. The van der Waals surface area contributed by atoms with Crippen LogP contribution in [0.1, 0.15) is 10.7 Å². The molecule has 104 valence electrons. The zero-order valence-electron chi connectivity index (χ0n) is 10.4. The summed E-state index contributed by atoms with van der Waals surface area (Å²) in [7, 11) is 0. The number of nitro groups is 1. The van der Waals surface area contributed by atoms with Crippen LogP contribution in [0.4, 0.5) is 10.5 Å². The molecular formula is C12H10N2O5S. The predicted molar refractivity (Wildman–Crippen MR) is 70.8 cm³/mol. The molecular weight excluding hydrogens is 284 g/mol. The third kappa shape index (κ3) is 3.75. The number of benzene rings is 1. The lowest BCUT2D eigenvalue weighted by atomic mass is 10.3. The number of ether oxygens (including phenoxy) is 2. The van der Waals surface area contributed by atoms with Crippen LogP contribution in [0.2, 0.25) is 0 Å². The molecule has 0 saturated heterocycles. The standard InChI is InChI=1S/C12H10N2O5S/c1-8-13-9(7-20-8)6-18-12(15)19-11-4-2-10(3-5-11)14(16)17/h2-5,7H,6H2,1H3. The summed E-state index contributed by atoms with van der Waals surface area (Å²) in [5.74, 6) is 0.176. The molecule has 1 aromatic carbocycles. The smallest absolute Gasteiger partial charge is 0.427 e. The molecule has 0 amide bonds. The Kier molecular flexibility index (Phi) is 4.26. The van der Waals surface area contributed by atoms with E-state index in [2.05, 4.69) is 4.98 Å². The lowest BCUT2D eigenvalue weighted by Crippen LogP contribution is -2.10. The van der Waals surface area contributed by atoms with Gasteiger partial charge in [-0.1, -0.05) is 0 Å². The van der Waals surface area contributed by atoms with Crippen molar-refractivity contribution >= 4 is 23.2 Å². The van der Waals surface area contributed by atoms with Gasteiger partial charge in [0.1, 0.15) is 12.4 Å². The molecule has 0 spiro atoms. The number of hydrogen-bond donors (Lipinski definition) is 0. The van der Waals surface area contributed by atoms with Crippen molar-refractivity contribution in [2.45, 2.75) is 13.5 Å². The zero-order valence-corrected chi connectivity index (χ0v) is 11.3. The minimum Gasteiger partial charge on any atom is -0.427 e. The van der Waals surface area contributed by atoms with Gasteiger partial charge in [-0.25, -0.2) is 9.78 Å². The Balaban J connectivity index is 1.86. The first kappa shape index (κ1) is 13.9. The maximum absolute atomic E-state index is 11.4. The SMILES string of the molecule is Cc1nc(COC(=O)Oc2ccc([N+](=O)[O-])cc2)cs1. The first-order valence-electron chi connectivity index (χ1n) is 5.54. The summed E-state index contributed by atoms with van der Waals surface area (Å²) in [6.07, 6.45) is -0.885. The molecule has 0 radical (unpaired) electrons. The molecule has 0 atom stereocenters. The quantitative estimate of drug-likeness (QED) is 0.372. The van der Waals surface area contributed by atoms with Crippen molar-refractivity contribution in [3.05, 3.63) is 50.5 Å². The third-order valence-electron chi connectivity index (χ3n) is 2.25. The van der Waals surface area contributed by atoms with E-state index in [-0.39, 0.29) is 18.0 Å². The summed E-state index contributed by atoms with van der Waals surface area (Å²) in [4.78, 5) is 25.5. The highest BCUT2D eigenvalue weighted by atomic mass is 32.1. The Hall–Kier alpha value is -2.48. The van der Waals surface area contributed by atoms with Crippen molar-refractivity contribution < 1.29 is 19.2 Å². The molecule has 0 saturated carbocycles. The fourth-order valence-corrected chi connectivity index (χ4v) is 1.97. The van der Waals surface area contributed by atoms with Gasteiger partial charge in [0.25, 0.3) is 5.69 Å². The Morgan fingerprint density at radius 1 is 1.40 bits per heavy atom. The molecule has 2 aromatic rings. The molecule has 0 aliphatic carbocycles. The first-order chi connectivity index (χ1) is 9.54. The van der Waals surface area contributed by atoms with E-state index in [1.165, 1.54) is 35.6 Å². The molecule has 0 bridgehead atoms. The van der Waals surface area contributed by atoms with Gasteiger partial charge in [-0.2, -0.15) is 0 Å². The topological polar surface area (TPSA) is 91.6 Å². The Bertz CT molecular complexity index is 623. The monoisotopic (exact) mass is 294 g/mol. The molecule has 0 aliphatic heterocycles. The maximum Gasteiger partial charge on any atom is 0.514 e. The predicted octanol–water partition coefficient (Wildman–Crippen LogP) is 3.08. The van der Waals surface area contributed by atoms with Gasteiger partial charge in [-0.05, 0) is 19.1 Å². The average Bonchev–Trinajstić information content (AvgIpc) is 2.83. The summed E-state index contributed by atoms with van der Waals surface area (Å²) in [6.45, 7) is 1.87. The van der Waals surface area contributed by atoms with Crippen LogP contribution in [0.15, 0.2) is 29.6 Å². The number of carbonyl (C=O) groups excluding carboxylic acids is 1. The number of nitrogens with zero attached hydrogens (tertiary/aromatic N) is 2. The maximum atomic E-state index is 11.4. The first-order valence-corrected chi connectivity index (χ1v) is 6.42. The number of aryl methyl sites for hydroxylation is 1. The number of carbonyl (C=O) groups is 1. The molecule has 7 nitrogen and oxygen atoms in total. The lowest BCUT2D eigenvalue weighted by Gasteiger charge is -2.04. The van der Waals surface area contributed by atoms with Crippen molar-refractivity contribution in [3.63, 3.8) is 0 Å².